The summed E-state index contributed by atoms with van der Waals surface area (Å²) in [4.78, 5) is 7.67. The summed E-state index contributed by atoms with van der Waals surface area (Å²) in [5, 5.41) is 4.50. The third kappa shape index (κ3) is 2.23. The van der Waals surface area contributed by atoms with Crippen molar-refractivity contribution in [2.75, 3.05) is 5.43 Å². The molecule has 4 heteroatoms. The third-order valence-corrected chi connectivity index (χ3v) is 3.58. The zero-order chi connectivity index (χ0) is 12.4. The Morgan fingerprint density at radius 3 is 3.06 bits per heavy atom. The van der Waals surface area contributed by atoms with Crippen LogP contribution in [0.2, 0.25) is 0 Å². The van der Waals surface area contributed by atoms with Crippen molar-refractivity contribution in [2.45, 2.75) is 32.6 Å². The van der Waals surface area contributed by atoms with Gasteiger partial charge in [-0.15, -0.1) is 0 Å². The highest BCUT2D eigenvalue weighted by molar-refractivity contribution is 5.87. The fourth-order valence-electron chi connectivity index (χ4n) is 2.47. The molecule has 1 aliphatic carbocycles. The van der Waals surface area contributed by atoms with Crippen molar-refractivity contribution in [3.63, 3.8) is 0 Å². The second-order valence-electron chi connectivity index (χ2n) is 4.96. The molecule has 4 nitrogen and oxygen atoms in total. The van der Waals surface area contributed by atoms with Crippen molar-refractivity contribution < 1.29 is 0 Å². The van der Waals surface area contributed by atoms with Crippen molar-refractivity contribution in [3.05, 3.63) is 24.3 Å². The number of hydrogen-bond donors (Lipinski definition) is 2. The van der Waals surface area contributed by atoms with Gasteiger partial charge in [0, 0.05) is 5.71 Å². The van der Waals surface area contributed by atoms with Gasteiger partial charge in [0.25, 0.3) is 0 Å². The second-order valence-corrected chi connectivity index (χ2v) is 4.96. The Morgan fingerprint density at radius 2 is 2.22 bits per heavy atom. The molecule has 1 fully saturated rings. The summed E-state index contributed by atoms with van der Waals surface area (Å²) >= 11 is 0. The predicted molar refractivity (Wildman–Crippen MR) is 74.8 cm³/mol. The number of nitrogens with one attached hydrogen (secondary N) is 2. The first kappa shape index (κ1) is 11.3. The van der Waals surface area contributed by atoms with Crippen LogP contribution in [0.5, 0.6) is 0 Å². The normalized spacial score (nSPS) is 22.5. The van der Waals surface area contributed by atoms with Crippen molar-refractivity contribution in [3.8, 4) is 0 Å². The average molecular weight is 242 g/mol. The van der Waals surface area contributed by atoms with E-state index in [-0.39, 0.29) is 0 Å². The quantitative estimate of drug-likeness (QED) is 0.791. The number of hydrogen-bond acceptors (Lipinski definition) is 3. The number of hydrazone groups is 1. The number of aromatic nitrogens is 2. The molecule has 1 heterocycles. The van der Waals surface area contributed by atoms with Gasteiger partial charge in [-0.1, -0.05) is 25.5 Å². The van der Waals surface area contributed by atoms with Gasteiger partial charge < -0.3 is 4.98 Å². The molecule has 2 aromatic rings. The highest BCUT2D eigenvalue weighted by Gasteiger charge is 2.15. The Hall–Kier alpha value is -1.84. The minimum atomic E-state index is 0.593. The highest BCUT2D eigenvalue weighted by Crippen LogP contribution is 2.21. The van der Waals surface area contributed by atoms with Crippen molar-refractivity contribution in [1.82, 2.24) is 9.97 Å². The van der Waals surface area contributed by atoms with Crippen molar-refractivity contribution >= 4 is 22.7 Å². The Kier molecular flexibility index (Phi) is 3.00. The van der Waals surface area contributed by atoms with Crippen LogP contribution in [-0.4, -0.2) is 15.7 Å². The molecule has 18 heavy (non-hydrogen) atoms. The minimum absolute atomic E-state index is 0.593. The average Bonchev–Trinajstić information content (AvgIpc) is 2.80. The molecular formula is C14H18N4. The van der Waals surface area contributed by atoms with Crippen LogP contribution in [-0.2, 0) is 0 Å². The number of H-pyrrole nitrogens is 1. The largest absolute Gasteiger partial charge is 0.323 e. The Balaban J connectivity index is 1.77. The van der Waals surface area contributed by atoms with Gasteiger partial charge in [0.1, 0.15) is 0 Å². The number of anilines is 1. The molecule has 1 aromatic carbocycles. The van der Waals surface area contributed by atoms with E-state index < -0.39 is 0 Å². The maximum absolute atomic E-state index is 4.50. The van der Waals surface area contributed by atoms with E-state index >= 15 is 0 Å². The lowest BCUT2D eigenvalue weighted by Crippen LogP contribution is -2.17. The van der Waals surface area contributed by atoms with Crippen molar-refractivity contribution in [1.29, 1.82) is 0 Å². The third-order valence-electron chi connectivity index (χ3n) is 3.58. The number of benzene rings is 1. The second kappa shape index (κ2) is 4.80. The van der Waals surface area contributed by atoms with Gasteiger partial charge in [-0.25, -0.2) is 10.4 Å². The van der Waals surface area contributed by atoms with E-state index in [1.807, 2.05) is 24.3 Å². The standard InChI is InChI=1S/C14H18N4/c1-10-6-2-3-7-11(10)17-18-14-15-12-8-4-5-9-13(12)16-14/h4-5,8-10H,2-3,6-7H2,1H3,(H2,15,16,18)/b17-11+. The number of para-hydroxylation sites is 2. The van der Waals surface area contributed by atoms with Crippen LogP contribution in [0.25, 0.3) is 11.0 Å². The number of imidazole rings is 1. The SMILES string of the molecule is CC1CCCC/C1=N\Nc1nc2ccccc2[nH]1. The smallest absolute Gasteiger partial charge is 0.222 e. The molecule has 0 amide bonds. The molecule has 2 N–H and O–H groups in total. The molecule has 1 unspecified atom stereocenters. The van der Waals surface area contributed by atoms with Crippen LogP contribution in [0.15, 0.2) is 29.4 Å². The van der Waals surface area contributed by atoms with Gasteiger partial charge in [0.15, 0.2) is 0 Å². The summed E-state index contributed by atoms with van der Waals surface area (Å²) < 4.78 is 0. The number of rotatable bonds is 2. The maximum Gasteiger partial charge on any atom is 0.222 e. The fourth-order valence-corrected chi connectivity index (χ4v) is 2.47. The van der Waals surface area contributed by atoms with E-state index in [4.69, 9.17) is 0 Å². The summed E-state index contributed by atoms with van der Waals surface area (Å²) in [6, 6.07) is 8.00. The zero-order valence-corrected chi connectivity index (χ0v) is 10.6. The predicted octanol–water partition coefficient (Wildman–Crippen LogP) is 3.54. The van der Waals surface area contributed by atoms with Gasteiger partial charge in [-0.05, 0) is 37.3 Å². The molecule has 1 saturated carbocycles. The van der Waals surface area contributed by atoms with Crippen LogP contribution in [0.1, 0.15) is 32.6 Å². The lowest BCUT2D eigenvalue weighted by atomic mass is 9.89. The first-order chi connectivity index (χ1) is 8.83. The summed E-state index contributed by atoms with van der Waals surface area (Å²) in [5.74, 6) is 1.32. The summed E-state index contributed by atoms with van der Waals surface area (Å²) in [7, 11) is 0. The van der Waals surface area contributed by atoms with Crippen LogP contribution in [0.3, 0.4) is 0 Å². The molecule has 0 bridgehead atoms. The molecule has 0 spiro atoms. The summed E-state index contributed by atoms with van der Waals surface area (Å²) in [5.41, 5.74) is 6.33. The first-order valence-corrected chi connectivity index (χ1v) is 6.60. The van der Waals surface area contributed by atoms with Crippen LogP contribution in [0, 0.1) is 5.92 Å². The van der Waals surface area contributed by atoms with E-state index in [9.17, 15) is 0 Å². The van der Waals surface area contributed by atoms with Crippen LogP contribution in [0.4, 0.5) is 5.95 Å². The van der Waals surface area contributed by atoms with Gasteiger partial charge >= 0.3 is 0 Å². The molecule has 0 aliphatic heterocycles. The molecule has 0 saturated heterocycles. The van der Waals surface area contributed by atoms with E-state index in [1.54, 1.807) is 0 Å². The van der Waals surface area contributed by atoms with Gasteiger partial charge in [-0.3, -0.25) is 0 Å². The number of fused-ring (bicyclic) bond motifs is 1. The minimum Gasteiger partial charge on any atom is -0.323 e. The molecule has 3 rings (SSSR count). The topological polar surface area (TPSA) is 53.1 Å². The van der Waals surface area contributed by atoms with E-state index in [1.165, 1.54) is 25.0 Å². The molecule has 0 radical (unpaired) electrons. The van der Waals surface area contributed by atoms with Gasteiger partial charge in [-0.2, -0.15) is 5.10 Å². The molecule has 1 aliphatic rings. The lowest BCUT2D eigenvalue weighted by Gasteiger charge is -2.19. The van der Waals surface area contributed by atoms with Gasteiger partial charge in [0.05, 0.1) is 11.0 Å². The van der Waals surface area contributed by atoms with E-state index in [2.05, 4.69) is 27.4 Å². The first-order valence-electron chi connectivity index (χ1n) is 6.60. The van der Waals surface area contributed by atoms with Gasteiger partial charge in [0.2, 0.25) is 5.95 Å². The number of nitrogens with zero attached hydrogens (tertiary/aromatic N) is 2. The van der Waals surface area contributed by atoms with E-state index in [0.29, 0.717) is 5.92 Å². The van der Waals surface area contributed by atoms with E-state index in [0.717, 1.165) is 23.4 Å². The Labute approximate surface area is 107 Å². The zero-order valence-electron chi connectivity index (χ0n) is 10.6. The molecule has 1 aromatic heterocycles. The number of aromatic amines is 1. The Bertz CT molecular complexity index is 537. The monoisotopic (exact) mass is 242 g/mol. The van der Waals surface area contributed by atoms with Crippen LogP contribution < -0.4 is 5.43 Å². The summed E-state index contributed by atoms with van der Waals surface area (Å²) in [6.45, 7) is 2.25. The Morgan fingerprint density at radius 1 is 1.33 bits per heavy atom. The fraction of sp³-hybridized carbons (Fsp3) is 0.429. The maximum atomic E-state index is 4.50. The highest BCUT2D eigenvalue weighted by atomic mass is 15.4. The molecule has 94 valence electrons. The van der Waals surface area contributed by atoms with Crippen molar-refractivity contribution in [2.24, 2.45) is 11.0 Å². The molecule has 1 atom stereocenters. The molecular weight excluding hydrogens is 224 g/mol. The van der Waals surface area contributed by atoms with Crippen LogP contribution >= 0.6 is 0 Å². The lowest BCUT2D eigenvalue weighted by molar-refractivity contribution is 0.558. The summed E-state index contributed by atoms with van der Waals surface area (Å²) in [6.07, 6.45) is 4.94.